The molecule has 1 aliphatic rings. The Labute approximate surface area is 234 Å². The van der Waals surface area contributed by atoms with Crippen molar-refractivity contribution in [1.82, 2.24) is 9.96 Å². The molecular weight excluding hydrogens is 568 g/mol. The van der Waals surface area contributed by atoms with Crippen LogP contribution in [-0.2, 0) is 37.0 Å². The second kappa shape index (κ2) is 13.8. The zero-order chi connectivity index (χ0) is 30.2. The van der Waals surface area contributed by atoms with Crippen molar-refractivity contribution in [3.63, 3.8) is 0 Å². The van der Waals surface area contributed by atoms with Gasteiger partial charge in [-0.15, -0.1) is 0 Å². The van der Waals surface area contributed by atoms with Crippen LogP contribution >= 0.6 is 0 Å². The van der Waals surface area contributed by atoms with Gasteiger partial charge in [-0.1, -0.05) is 0 Å². The summed E-state index contributed by atoms with van der Waals surface area (Å²) in [6.07, 6.45) is -1.11. The predicted octanol–water partition coefficient (Wildman–Crippen LogP) is 3.37. The smallest absolute Gasteiger partial charge is 0.434 e. The molecule has 222 valence electrons. The van der Waals surface area contributed by atoms with E-state index >= 15 is 0 Å². The van der Waals surface area contributed by atoms with Crippen LogP contribution in [0.15, 0.2) is 48.5 Å². The van der Waals surface area contributed by atoms with Crippen LogP contribution in [0.25, 0.3) is 0 Å². The van der Waals surface area contributed by atoms with E-state index in [0.717, 1.165) is 6.26 Å². The van der Waals surface area contributed by atoms with E-state index < -0.39 is 44.3 Å². The number of nitrogens with zero attached hydrogens (tertiary/aromatic N) is 4. The van der Waals surface area contributed by atoms with Crippen molar-refractivity contribution in [2.45, 2.75) is 44.6 Å². The van der Waals surface area contributed by atoms with E-state index in [0.29, 0.717) is 16.2 Å². The Morgan fingerprint density at radius 3 is 1.98 bits per heavy atom. The number of ether oxygens (including phenoxy) is 2. The number of carbonyl (C=O) groups is 2. The lowest BCUT2D eigenvalue weighted by atomic mass is 10.1. The molecule has 1 heterocycles. The maximum atomic E-state index is 12.8. The van der Waals surface area contributed by atoms with E-state index in [2.05, 4.69) is 0 Å². The van der Waals surface area contributed by atoms with E-state index in [1.165, 1.54) is 53.4 Å². The minimum Gasteiger partial charge on any atom is -0.445 e. The Balaban J connectivity index is 1.51. The molecule has 0 radical (unpaired) electrons. The Morgan fingerprint density at radius 2 is 1.49 bits per heavy atom. The fourth-order valence-electron chi connectivity index (χ4n) is 4.13. The second-order valence-electron chi connectivity index (χ2n) is 9.19. The summed E-state index contributed by atoms with van der Waals surface area (Å²) < 4.78 is 38.6. The molecule has 1 fully saturated rings. The molecule has 2 amide bonds. The van der Waals surface area contributed by atoms with Gasteiger partial charge in [0.05, 0.1) is 35.3 Å². The van der Waals surface area contributed by atoms with Gasteiger partial charge >= 0.3 is 12.2 Å². The number of nitro benzene ring substituents is 2. The van der Waals surface area contributed by atoms with Crippen LogP contribution in [0.1, 0.15) is 30.4 Å². The molecule has 0 saturated carbocycles. The van der Waals surface area contributed by atoms with Gasteiger partial charge in [-0.2, -0.15) is 13.5 Å². The van der Waals surface area contributed by atoms with E-state index in [-0.39, 0.29) is 56.9 Å². The summed E-state index contributed by atoms with van der Waals surface area (Å²) in [6.45, 7) is -0.645. The molecule has 2 aromatic carbocycles. The van der Waals surface area contributed by atoms with Gasteiger partial charge in [0, 0.05) is 30.3 Å². The Morgan fingerprint density at radius 1 is 0.976 bits per heavy atom. The SMILES string of the molecule is CS(=O)(=O)O[C@@H]1C[C@H](CCCN(O)C(=O)OCc2ccc([N+](=O)[O-])cc2)N(C(=O)OCc2ccc([N+](=O)[O-])cc2)C1. The number of amides is 2. The van der Waals surface area contributed by atoms with Crippen LogP contribution in [0.3, 0.4) is 0 Å². The first-order valence-electron chi connectivity index (χ1n) is 12.2. The fraction of sp³-hybridized carbons (Fsp3) is 0.417. The minimum absolute atomic E-state index is 0.0725. The number of benzene rings is 2. The van der Waals surface area contributed by atoms with E-state index in [4.69, 9.17) is 13.7 Å². The largest absolute Gasteiger partial charge is 0.445 e. The molecule has 0 spiro atoms. The molecule has 3 rings (SSSR count). The van der Waals surface area contributed by atoms with Gasteiger partial charge in [0.2, 0.25) is 0 Å². The van der Waals surface area contributed by atoms with Gasteiger partial charge in [-0.25, -0.2) is 9.59 Å². The zero-order valence-corrected chi connectivity index (χ0v) is 22.7. The summed E-state index contributed by atoms with van der Waals surface area (Å²) in [6, 6.07) is 10.2. The van der Waals surface area contributed by atoms with Crippen LogP contribution in [0.4, 0.5) is 21.0 Å². The van der Waals surface area contributed by atoms with Crippen molar-refractivity contribution < 1.29 is 46.7 Å². The predicted molar refractivity (Wildman–Crippen MR) is 139 cm³/mol. The first kappa shape index (κ1) is 31.2. The van der Waals surface area contributed by atoms with E-state index in [1.807, 2.05) is 0 Å². The summed E-state index contributed by atoms with van der Waals surface area (Å²) in [5.74, 6) is 0. The van der Waals surface area contributed by atoms with Gasteiger partial charge in [-0.3, -0.25) is 29.6 Å². The number of hydrogen-bond donors (Lipinski definition) is 1. The first-order chi connectivity index (χ1) is 19.3. The van der Waals surface area contributed by atoms with Crippen LogP contribution in [-0.4, -0.2) is 77.1 Å². The molecule has 2 atom stereocenters. The lowest BCUT2D eigenvalue weighted by molar-refractivity contribution is -0.385. The van der Waals surface area contributed by atoms with Gasteiger partial charge in [-0.05, 0) is 54.7 Å². The van der Waals surface area contributed by atoms with Crippen molar-refractivity contribution in [2.24, 2.45) is 0 Å². The molecule has 41 heavy (non-hydrogen) atoms. The Bertz CT molecular complexity index is 1350. The van der Waals surface area contributed by atoms with Crippen LogP contribution in [0.5, 0.6) is 0 Å². The number of rotatable bonds is 12. The molecule has 16 nitrogen and oxygen atoms in total. The van der Waals surface area contributed by atoms with Crippen molar-refractivity contribution in [3.05, 3.63) is 79.9 Å². The summed E-state index contributed by atoms with van der Waals surface area (Å²) in [4.78, 5) is 46.6. The van der Waals surface area contributed by atoms with Gasteiger partial charge in [0.15, 0.2) is 0 Å². The molecule has 1 saturated heterocycles. The molecule has 2 aromatic rings. The third-order valence-corrected chi connectivity index (χ3v) is 6.68. The summed E-state index contributed by atoms with van der Waals surface area (Å²) >= 11 is 0. The lowest BCUT2D eigenvalue weighted by Gasteiger charge is -2.24. The number of likely N-dealkylation sites (tertiary alicyclic amines) is 1. The van der Waals surface area contributed by atoms with E-state index in [9.17, 15) is 43.4 Å². The molecule has 0 bridgehead atoms. The first-order valence-corrected chi connectivity index (χ1v) is 14.1. The maximum absolute atomic E-state index is 12.8. The molecule has 17 heteroatoms. The van der Waals surface area contributed by atoms with Crippen LogP contribution < -0.4 is 0 Å². The molecular formula is C24H28N4O12S. The fourth-order valence-corrected chi connectivity index (χ4v) is 4.77. The highest BCUT2D eigenvalue weighted by molar-refractivity contribution is 7.86. The van der Waals surface area contributed by atoms with Crippen molar-refractivity contribution in [2.75, 3.05) is 19.3 Å². The zero-order valence-electron chi connectivity index (χ0n) is 21.9. The monoisotopic (exact) mass is 596 g/mol. The normalized spacial score (nSPS) is 16.7. The average molecular weight is 597 g/mol. The molecule has 1 aliphatic heterocycles. The standard InChI is InChI=1S/C24H28N4O12S/c1-41(36,37)40-22-13-21(25(14-22)23(29)38-15-17-4-8-19(9-5-17)27(32)33)3-2-12-26(31)24(30)39-16-18-6-10-20(11-7-18)28(34)35/h4-11,21-22,31H,2-3,12-16H2,1H3/t21-,22+/m0/s1. The van der Waals surface area contributed by atoms with Crippen molar-refractivity contribution in [3.8, 4) is 0 Å². The lowest BCUT2D eigenvalue weighted by Crippen LogP contribution is -2.37. The van der Waals surface area contributed by atoms with Gasteiger partial charge < -0.3 is 14.4 Å². The molecule has 1 N–H and O–H groups in total. The Hall–Kier alpha value is -4.35. The molecule has 0 aromatic heterocycles. The minimum atomic E-state index is -3.80. The maximum Gasteiger partial charge on any atom is 0.434 e. The topological polar surface area (TPSA) is 209 Å². The summed E-state index contributed by atoms with van der Waals surface area (Å²) in [5, 5.41) is 31.9. The summed E-state index contributed by atoms with van der Waals surface area (Å²) in [5.41, 5.74) is 0.743. The second-order valence-corrected chi connectivity index (χ2v) is 10.8. The average Bonchev–Trinajstić information content (AvgIpc) is 3.31. The Kier molecular flexibility index (Phi) is 10.5. The number of hydrogen-bond acceptors (Lipinski definition) is 12. The van der Waals surface area contributed by atoms with Crippen LogP contribution in [0.2, 0.25) is 0 Å². The van der Waals surface area contributed by atoms with Gasteiger partial charge in [0.1, 0.15) is 13.2 Å². The third kappa shape index (κ3) is 9.66. The third-order valence-electron chi connectivity index (χ3n) is 6.06. The number of hydroxylamine groups is 2. The van der Waals surface area contributed by atoms with Crippen molar-refractivity contribution in [1.29, 1.82) is 0 Å². The highest BCUT2D eigenvalue weighted by Crippen LogP contribution is 2.26. The highest BCUT2D eigenvalue weighted by Gasteiger charge is 2.38. The van der Waals surface area contributed by atoms with Crippen LogP contribution in [0, 0.1) is 20.2 Å². The molecule has 0 unspecified atom stereocenters. The van der Waals surface area contributed by atoms with Crippen molar-refractivity contribution >= 4 is 33.7 Å². The molecule has 0 aliphatic carbocycles. The van der Waals surface area contributed by atoms with Gasteiger partial charge in [0.25, 0.3) is 21.5 Å². The van der Waals surface area contributed by atoms with E-state index in [1.54, 1.807) is 0 Å². The summed E-state index contributed by atoms with van der Waals surface area (Å²) in [7, 11) is -3.80. The quantitative estimate of drug-likeness (QED) is 0.162. The highest BCUT2D eigenvalue weighted by atomic mass is 32.2. The number of carbonyl (C=O) groups excluding carboxylic acids is 2. The number of nitro groups is 2. The number of non-ortho nitro benzene ring substituents is 2.